The van der Waals surface area contributed by atoms with Gasteiger partial charge in [0, 0.05) is 12.4 Å². The van der Waals surface area contributed by atoms with Crippen molar-refractivity contribution >= 4 is 0 Å². The van der Waals surface area contributed by atoms with E-state index in [0.717, 1.165) is 5.56 Å². The fourth-order valence-corrected chi connectivity index (χ4v) is 1.55. The summed E-state index contributed by atoms with van der Waals surface area (Å²) in [5, 5.41) is 8.96. The average molecular weight is 224 g/mol. The lowest BCUT2D eigenvalue weighted by Crippen LogP contribution is -2.04. The first-order chi connectivity index (χ1) is 8.31. The lowest BCUT2D eigenvalue weighted by molar-refractivity contribution is 0.226. The maximum atomic E-state index is 8.96. The number of benzene rings is 1. The molecule has 3 nitrogen and oxygen atoms in total. The summed E-state index contributed by atoms with van der Waals surface area (Å²) in [6, 6.07) is 13.1. The number of pyridine rings is 1. The molecule has 1 unspecified atom stereocenters. The van der Waals surface area contributed by atoms with Gasteiger partial charge in [0.05, 0.1) is 5.56 Å². The molecule has 0 saturated heterocycles. The molecule has 2 aromatic rings. The summed E-state index contributed by atoms with van der Waals surface area (Å²) >= 11 is 0. The van der Waals surface area contributed by atoms with Gasteiger partial charge in [0.25, 0.3) is 0 Å². The van der Waals surface area contributed by atoms with Crippen LogP contribution in [0.2, 0.25) is 0 Å². The van der Waals surface area contributed by atoms with Crippen molar-refractivity contribution in [2.45, 2.75) is 13.0 Å². The molecule has 0 aliphatic heterocycles. The van der Waals surface area contributed by atoms with Crippen LogP contribution in [-0.4, -0.2) is 4.98 Å². The van der Waals surface area contributed by atoms with Crippen LogP contribution in [0.3, 0.4) is 0 Å². The molecule has 3 heteroatoms. The van der Waals surface area contributed by atoms with Crippen molar-refractivity contribution in [3.05, 3.63) is 59.9 Å². The highest BCUT2D eigenvalue weighted by Gasteiger charge is 2.09. The van der Waals surface area contributed by atoms with Crippen LogP contribution in [-0.2, 0) is 0 Å². The lowest BCUT2D eigenvalue weighted by Gasteiger charge is -2.15. The van der Waals surface area contributed by atoms with Gasteiger partial charge in [0.2, 0.25) is 0 Å². The third-order valence-electron chi connectivity index (χ3n) is 2.49. The molecule has 0 fully saturated rings. The van der Waals surface area contributed by atoms with Crippen LogP contribution in [0.4, 0.5) is 0 Å². The van der Waals surface area contributed by atoms with Crippen LogP contribution in [0.5, 0.6) is 5.75 Å². The summed E-state index contributed by atoms with van der Waals surface area (Å²) in [5.41, 5.74) is 1.58. The SMILES string of the molecule is CC(Oc1ccccc1C#N)c1ccncc1. The molecule has 84 valence electrons. The average Bonchev–Trinajstić information content (AvgIpc) is 2.40. The molecule has 0 aliphatic rings. The van der Waals surface area contributed by atoms with Gasteiger partial charge in [-0.05, 0) is 36.8 Å². The Hall–Kier alpha value is -2.34. The molecule has 0 N–H and O–H groups in total. The van der Waals surface area contributed by atoms with Crippen LogP contribution in [0, 0.1) is 11.3 Å². The van der Waals surface area contributed by atoms with Gasteiger partial charge in [0.15, 0.2) is 0 Å². The van der Waals surface area contributed by atoms with E-state index in [1.54, 1.807) is 24.5 Å². The number of nitriles is 1. The topological polar surface area (TPSA) is 45.9 Å². The number of aromatic nitrogens is 1. The van der Waals surface area contributed by atoms with E-state index in [1.807, 2.05) is 31.2 Å². The minimum atomic E-state index is -0.104. The Kier molecular flexibility index (Phi) is 3.37. The zero-order chi connectivity index (χ0) is 12.1. The van der Waals surface area contributed by atoms with Crippen molar-refractivity contribution < 1.29 is 4.74 Å². The molecule has 0 saturated carbocycles. The second-order valence-electron chi connectivity index (χ2n) is 3.65. The normalized spacial score (nSPS) is 11.5. The third-order valence-corrected chi connectivity index (χ3v) is 2.49. The molecule has 1 heterocycles. The van der Waals surface area contributed by atoms with Crippen LogP contribution in [0.15, 0.2) is 48.8 Å². The fraction of sp³-hybridized carbons (Fsp3) is 0.143. The van der Waals surface area contributed by atoms with Gasteiger partial charge in [-0.3, -0.25) is 4.98 Å². The van der Waals surface area contributed by atoms with E-state index in [0.29, 0.717) is 11.3 Å². The van der Waals surface area contributed by atoms with Gasteiger partial charge >= 0.3 is 0 Å². The quantitative estimate of drug-likeness (QED) is 0.804. The monoisotopic (exact) mass is 224 g/mol. The number of hydrogen-bond donors (Lipinski definition) is 0. The van der Waals surface area contributed by atoms with Crippen molar-refractivity contribution in [1.29, 1.82) is 5.26 Å². The number of hydrogen-bond acceptors (Lipinski definition) is 3. The first-order valence-corrected chi connectivity index (χ1v) is 5.37. The molecule has 1 atom stereocenters. The van der Waals surface area contributed by atoms with E-state index < -0.39 is 0 Å². The second-order valence-corrected chi connectivity index (χ2v) is 3.65. The molecule has 17 heavy (non-hydrogen) atoms. The Labute approximate surface area is 100 Å². The Balaban J connectivity index is 2.19. The molecule has 1 aromatic carbocycles. The Morgan fingerprint density at radius 1 is 1.18 bits per heavy atom. The van der Waals surface area contributed by atoms with Crippen molar-refractivity contribution in [2.24, 2.45) is 0 Å². The summed E-state index contributed by atoms with van der Waals surface area (Å²) in [6.45, 7) is 1.95. The number of nitrogens with zero attached hydrogens (tertiary/aromatic N) is 2. The molecule has 1 aromatic heterocycles. The van der Waals surface area contributed by atoms with Gasteiger partial charge in [-0.2, -0.15) is 5.26 Å². The summed E-state index contributed by atoms with van der Waals surface area (Å²) < 4.78 is 5.77. The van der Waals surface area contributed by atoms with Crippen molar-refractivity contribution in [3.63, 3.8) is 0 Å². The predicted octanol–water partition coefficient (Wildman–Crippen LogP) is 3.09. The number of ether oxygens (including phenoxy) is 1. The van der Waals surface area contributed by atoms with Gasteiger partial charge in [-0.25, -0.2) is 0 Å². The fourth-order valence-electron chi connectivity index (χ4n) is 1.55. The highest BCUT2D eigenvalue weighted by Crippen LogP contribution is 2.24. The Morgan fingerprint density at radius 2 is 1.88 bits per heavy atom. The molecule has 0 aliphatic carbocycles. The summed E-state index contributed by atoms with van der Waals surface area (Å²) in [6.07, 6.45) is 3.35. The van der Waals surface area contributed by atoms with Crippen molar-refractivity contribution in [1.82, 2.24) is 4.98 Å². The Bertz CT molecular complexity index is 531. The van der Waals surface area contributed by atoms with E-state index >= 15 is 0 Å². The number of para-hydroxylation sites is 1. The van der Waals surface area contributed by atoms with Crippen LogP contribution >= 0.6 is 0 Å². The molecule has 2 rings (SSSR count). The highest BCUT2D eigenvalue weighted by molar-refractivity contribution is 5.42. The molecule has 0 amide bonds. The van der Waals surface area contributed by atoms with Gasteiger partial charge in [-0.15, -0.1) is 0 Å². The minimum Gasteiger partial charge on any atom is -0.485 e. The maximum absolute atomic E-state index is 8.96. The van der Waals surface area contributed by atoms with Gasteiger partial charge in [-0.1, -0.05) is 12.1 Å². The van der Waals surface area contributed by atoms with E-state index in [-0.39, 0.29) is 6.10 Å². The first kappa shape index (κ1) is 11.2. The van der Waals surface area contributed by atoms with Crippen molar-refractivity contribution in [2.75, 3.05) is 0 Å². The molecular weight excluding hydrogens is 212 g/mol. The first-order valence-electron chi connectivity index (χ1n) is 5.37. The Morgan fingerprint density at radius 3 is 2.59 bits per heavy atom. The molecular formula is C14H12N2O. The van der Waals surface area contributed by atoms with E-state index in [1.165, 1.54) is 0 Å². The summed E-state index contributed by atoms with van der Waals surface area (Å²) in [5.74, 6) is 0.610. The summed E-state index contributed by atoms with van der Waals surface area (Å²) in [7, 11) is 0. The van der Waals surface area contributed by atoms with Gasteiger partial charge in [0.1, 0.15) is 17.9 Å². The highest BCUT2D eigenvalue weighted by atomic mass is 16.5. The predicted molar refractivity (Wildman–Crippen MR) is 64.4 cm³/mol. The zero-order valence-corrected chi connectivity index (χ0v) is 9.50. The molecule has 0 spiro atoms. The van der Waals surface area contributed by atoms with E-state index in [4.69, 9.17) is 10.00 Å². The maximum Gasteiger partial charge on any atom is 0.137 e. The van der Waals surface area contributed by atoms with Crippen molar-refractivity contribution in [3.8, 4) is 11.8 Å². The van der Waals surface area contributed by atoms with Crippen LogP contribution in [0.1, 0.15) is 24.2 Å². The molecule has 0 radical (unpaired) electrons. The third kappa shape index (κ3) is 2.61. The lowest BCUT2D eigenvalue weighted by atomic mass is 10.1. The second kappa shape index (κ2) is 5.13. The standard InChI is InChI=1S/C14H12N2O/c1-11(12-6-8-16-9-7-12)17-14-5-3-2-4-13(14)10-15/h2-9,11H,1H3. The largest absolute Gasteiger partial charge is 0.485 e. The van der Waals surface area contributed by atoms with Gasteiger partial charge < -0.3 is 4.74 Å². The van der Waals surface area contributed by atoms with E-state index in [2.05, 4.69) is 11.1 Å². The summed E-state index contributed by atoms with van der Waals surface area (Å²) in [4.78, 5) is 3.96. The van der Waals surface area contributed by atoms with Crippen LogP contribution < -0.4 is 4.74 Å². The van der Waals surface area contributed by atoms with Crippen LogP contribution in [0.25, 0.3) is 0 Å². The minimum absolute atomic E-state index is 0.104. The molecule has 0 bridgehead atoms. The zero-order valence-electron chi connectivity index (χ0n) is 9.50. The van der Waals surface area contributed by atoms with E-state index in [9.17, 15) is 0 Å². The number of rotatable bonds is 3. The smallest absolute Gasteiger partial charge is 0.137 e.